The van der Waals surface area contributed by atoms with Crippen LogP contribution in [0.2, 0.25) is 10.0 Å². The van der Waals surface area contributed by atoms with Gasteiger partial charge in [-0.05, 0) is 30.7 Å². The molecule has 0 unspecified atom stereocenters. The number of benzene rings is 2. The number of rotatable bonds is 6. The van der Waals surface area contributed by atoms with Crippen molar-refractivity contribution in [3.8, 4) is 0 Å². The molecular formula is C20H18Cl2N4O3S. The van der Waals surface area contributed by atoms with Crippen LogP contribution in [0.25, 0.3) is 10.8 Å². The molecular weight excluding hydrogens is 447 g/mol. The van der Waals surface area contributed by atoms with Crippen LogP contribution >= 0.6 is 35.0 Å². The number of carbonyl (C=O) groups excluding carboxylic acids is 2. The number of hydrazine groups is 1. The Balaban J connectivity index is 1.71. The van der Waals surface area contributed by atoms with Gasteiger partial charge < -0.3 is 0 Å². The van der Waals surface area contributed by atoms with Crippen LogP contribution in [0.15, 0.2) is 52.2 Å². The van der Waals surface area contributed by atoms with Gasteiger partial charge in [-0.25, -0.2) is 4.68 Å². The number of nitrogens with zero attached hydrogens (tertiary/aromatic N) is 2. The first-order valence-electron chi connectivity index (χ1n) is 9.07. The molecule has 10 heteroatoms. The Hall–Kier alpha value is -2.55. The molecule has 2 aromatic carbocycles. The number of hydrogen-bond acceptors (Lipinski definition) is 5. The van der Waals surface area contributed by atoms with E-state index in [1.165, 1.54) is 16.4 Å². The summed E-state index contributed by atoms with van der Waals surface area (Å²) in [6.07, 6.45) is 0.687. The van der Waals surface area contributed by atoms with E-state index in [4.69, 9.17) is 23.2 Å². The fraction of sp³-hybridized carbons (Fsp3) is 0.200. The molecule has 0 fully saturated rings. The van der Waals surface area contributed by atoms with E-state index in [1.807, 2.05) is 6.92 Å². The van der Waals surface area contributed by atoms with E-state index in [0.29, 0.717) is 38.7 Å². The fourth-order valence-electron chi connectivity index (χ4n) is 2.72. The largest absolute Gasteiger partial charge is 0.290 e. The second-order valence-corrected chi connectivity index (χ2v) is 8.15. The lowest BCUT2D eigenvalue weighted by Gasteiger charge is -2.11. The number of fused-ring (bicyclic) bond motifs is 1. The van der Waals surface area contributed by atoms with Crippen LogP contribution in [0, 0.1) is 0 Å². The molecule has 3 rings (SSSR count). The lowest BCUT2D eigenvalue weighted by Crippen LogP contribution is -2.43. The second-order valence-electron chi connectivity index (χ2n) is 6.29. The predicted octanol–water partition coefficient (Wildman–Crippen LogP) is 3.67. The molecule has 0 aliphatic heterocycles. The van der Waals surface area contributed by atoms with Crippen molar-refractivity contribution in [2.24, 2.45) is 0 Å². The van der Waals surface area contributed by atoms with Crippen molar-refractivity contribution in [3.63, 3.8) is 0 Å². The van der Waals surface area contributed by atoms with Gasteiger partial charge in [-0.3, -0.25) is 25.2 Å². The number of amides is 2. The number of hydrogen-bond donors (Lipinski definition) is 2. The highest BCUT2D eigenvalue weighted by Crippen LogP contribution is 2.29. The summed E-state index contributed by atoms with van der Waals surface area (Å²) in [6, 6.07) is 11.7. The van der Waals surface area contributed by atoms with Crippen LogP contribution in [-0.4, -0.2) is 27.3 Å². The first-order chi connectivity index (χ1) is 14.4. The molecule has 7 nitrogen and oxygen atoms in total. The van der Waals surface area contributed by atoms with Crippen molar-refractivity contribution in [2.75, 3.05) is 5.75 Å². The first kappa shape index (κ1) is 22.1. The Labute approximate surface area is 186 Å². The third kappa shape index (κ3) is 5.13. The highest BCUT2D eigenvalue weighted by Gasteiger charge is 2.17. The molecule has 0 radical (unpaired) electrons. The Bertz CT molecular complexity index is 1170. The van der Waals surface area contributed by atoms with Gasteiger partial charge in [0.15, 0.2) is 5.69 Å². The van der Waals surface area contributed by atoms with Gasteiger partial charge in [0.25, 0.3) is 11.5 Å². The van der Waals surface area contributed by atoms with Gasteiger partial charge in [-0.2, -0.15) is 5.10 Å². The molecule has 1 heterocycles. The van der Waals surface area contributed by atoms with Crippen LogP contribution in [0.3, 0.4) is 0 Å². The zero-order valence-electron chi connectivity index (χ0n) is 15.9. The quantitative estimate of drug-likeness (QED) is 0.428. The summed E-state index contributed by atoms with van der Waals surface area (Å²) < 4.78 is 1.26. The Kier molecular flexibility index (Phi) is 7.36. The summed E-state index contributed by atoms with van der Waals surface area (Å²) in [5, 5.41) is 5.99. The highest BCUT2D eigenvalue weighted by molar-refractivity contribution is 8.00. The number of thioether (sulfide) groups is 1. The molecule has 0 saturated carbocycles. The van der Waals surface area contributed by atoms with Gasteiger partial charge in [0.2, 0.25) is 5.91 Å². The number of nitrogens with one attached hydrogen (secondary N) is 2. The molecule has 1 aromatic heterocycles. The Morgan fingerprint density at radius 2 is 1.83 bits per heavy atom. The minimum atomic E-state index is -0.616. The van der Waals surface area contributed by atoms with Crippen molar-refractivity contribution < 1.29 is 9.59 Å². The van der Waals surface area contributed by atoms with Crippen LogP contribution < -0.4 is 16.4 Å². The molecule has 2 N–H and O–H groups in total. The van der Waals surface area contributed by atoms with Crippen molar-refractivity contribution in [1.29, 1.82) is 0 Å². The van der Waals surface area contributed by atoms with Crippen LogP contribution in [0.1, 0.15) is 23.8 Å². The maximum atomic E-state index is 12.7. The monoisotopic (exact) mass is 464 g/mol. The summed E-state index contributed by atoms with van der Waals surface area (Å²) in [7, 11) is 0. The lowest BCUT2D eigenvalue weighted by molar-refractivity contribution is -0.119. The molecule has 0 saturated heterocycles. The van der Waals surface area contributed by atoms with E-state index in [-0.39, 0.29) is 17.0 Å². The summed E-state index contributed by atoms with van der Waals surface area (Å²) in [5.41, 5.74) is 4.50. The standard InChI is InChI=1S/C20H18Cl2N4O3S/c1-2-9-26-20(29)14-6-4-3-5-13(14)18(25-26)19(28)24-23-17(27)11-30-16-10-12(21)7-8-15(16)22/h3-8,10H,2,9,11H2,1H3,(H,23,27)(H,24,28). The molecule has 0 aliphatic rings. The van der Waals surface area contributed by atoms with Crippen molar-refractivity contribution in [2.45, 2.75) is 24.8 Å². The molecule has 0 aliphatic carbocycles. The van der Waals surface area contributed by atoms with E-state index in [2.05, 4.69) is 16.0 Å². The number of aryl methyl sites for hydroxylation is 1. The number of halogens is 2. The maximum Gasteiger partial charge on any atom is 0.290 e. The fourth-order valence-corrected chi connectivity index (χ4v) is 4.01. The SMILES string of the molecule is CCCn1nc(C(=O)NNC(=O)CSc2cc(Cl)ccc2Cl)c2ccccc2c1=O. The highest BCUT2D eigenvalue weighted by atomic mass is 35.5. The van der Waals surface area contributed by atoms with Gasteiger partial charge in [0, 0.05) is 21.8 Å². The van der Waals surface area contributed by atoms with Crippen molar-refractivity contribution in [3.05, 3.63) is 68.6 Å². The Morgan fingerprint density at radius 3 is 2.57 bits per heavy atom. The maximum absolute atomic E-state index is 12.7. The average Bonchev–Trinajstić information content (AvgIpc) is 2.74. The number of aromatic nitrogens is 2. The first-order valence-corrected chi connectivity index (χ1v) is 10.8. The molecule has 0 atom stereocenters. The summed E-state index contributed by atoms with van der Waals surface area (Å²) >= 11 is 13.2. The molecule has 156 valence electrons. The summed E-state index contributed by atoms with van der Waals surface area (Å²) in [5.74, 6) is -1.03. The Morgan fingerprint density at radius 1 is 1.10 bits per heavy atom. The van der Waals surface area contributed by atoms with Gasteiger partial charge in [-0.1, -0.05) is 48.3 Å². The predicted molar refractivity (Wildman–Crippen MR) is 119 cm³/mol. The zero-order valence-corrected chi connectivity index (χ0v) is 18.3. The summed E-state index contributed by atoms with van der Waals surface area (Å²) in [4.78, 5) is 38.0. The third-order valence-corrected chi connectivity index (χ3v) is 5.82. The van der Waals surface area contributed by atoms with E-state index in [1.54, 1.807) is 42.5 Å². The molecule has 3 aromatic rings. The third-order valence-electron chi connectivity index (χ3n) is 4.09. The smallest absolute Gasteiger partial charge is 0.272 e. The number of carbonyl (C=O) groups is 2. The normalized spacial score (nSPS) is 10.8. The van der Waals surface area contributed by atoms with E-state index in [9.17, 15) is 14.4 Å². The van der Waals surface area contributed by atoms with Crippen LogP contribution in [0.5, 0.6) is 0 Å². The van der Waals surface area contributed by atoms with Crippen LogP contribution in [-0.2, 0) is 11.3 Å². The molecule has 30 heavy (non-hydrogen) atoms. The van der Waals surface area contributed by atoms with Gasteiger partial charge in [0.1, 0.15) is 0 Å². The lowest BCUT2D eigenvalue weighted by atomic mass is 10.1. The minimum Gasteiger partial charge on any atom is -0.272 e. The van der Waals surface area contributed by atoms with E-state index >= 15 is 0 Å². The van der Waals surface area contributed by atoms with E-state index < -0.39 is 11.8 Å². The summed E-state index contributed by atoms with van der Waals surface area (Å²) in [6.45, 7) is 2.29. The second kappa shape index (κ2) is 9.97. The molecule has 0 spiro atoms. The average molecular weight is 465 g/mol. The molecule has 2 amide bonds. The van der Waals surface area contributed by atoms with Gasteiger partial charge >= 0.3 is 0 Å². The van der Waals surface area contributed by atoms with Gasteiger partial charge in [-0.15, -0.1) is 11.8 Å². The minimum absolute atomic E-state index is 0.0177. The van der Waals surface area contributed by atoms with Crippen molar-refractivity contribution in [1.82, 2.24) is 20.6 Å². The van der Waals surface area contributed by atoms with Crippen molar-refractivity contribution >= 4 is 57.6 Å². The molecule has 0 bridgehead atoms. The topological polar surface area (TPSA) is 93.1 Å². The van der Waals surface area contributed by atoms with E-state index in [0.717, 1.165) is 0 Å². The van der Waals surface area contributed by atoms with Crippen LogP contribution in [0.4, 0.5) is 0 Å². The zero-order chi connectivity index (χ0) is 21.7. The van der Waals surface area contributed by atoms with Gasteiger partial charge in [0.05, 0.1) is 16.2 Å².